The molecule has 0 bridgehead atoms. The maximum atomic E-state index is 6.15. The number of rotatable bonds is 2. The highest BCUT2D eigenvalue weighted by Crippen LogP contribution is 2.32. The maximum absolute atomic E-state index is 6.15. The van der Waals surface area contributed by atoms with Crippen LogP contribution in [0.1, 0.15) is 64.2 Å². The van der Waals surface area contributed by atoms with E-state index in [4.69, 9.17) is 5.73 Å². The average molecular weight is 224 g/mol. The number of likely N-dealkylation sites (tertiary alicyclic amines) is 1. The molecule has 1 heterocycles. The second kappa shape index (κ2) is 6.02. The fraction of sp³-hybridized carbons (Fsp3) is 1.00. The van der Waals surface area contributed by atoms with E-state index in [0.29, 0.717) is 5.54 Å². The second-order valence-corrected chi connectivity index (χ2v) is 5.74. The number of hydrogen-bond acceptors (Lipinski definition) is 2. The van der Waals surface area contributed by atoms with Gasteiger partial charge in [0, 0.05) is 12.1 Å². The van der Waals surface area contributed by atoms with Crippen LogP contribution in [-0.2, 0) is 0 Å². The van der Waals surface area contributed by atoms with Gasteiger partial charge in [-0.05, 0) is 38.8 Å². The van der Waals surface area contributed by atoms with Crippen LogP contribution in [0.3, 0.4) is 0 Å². The molecule has 0 atom stereocenters. The molecule has 94 valence electrons. The lowest BCUT2D eigenvalue weighted by molar-refractivity contribution is 0.0490. The molecule has 2 N–H and O–H groups in total. The zero-order valence-electron chi connectivity index (χ0n) is 10.7. The summed E-state index contributed by atoms with van der Waals surface area (Å²) in [5.74, 6) is 0. The minimum absolute atomic E-state index is 0.376. The minimum Gasteiger partial charge on any atom is -0.329 e. The van der Waals surface area contributed by atoms with Crippen LogP contribution in [0.25, 0.3) is 0 Å². The summed E-state index contributed by atoms with van der Waals surface area (Å²) in [5, 5.41) is 0. The summed E-state index contributed by atoms with van der Waals surface area (Å²) in [6.07, 6.45) is 14.0. The molecule has 1 saturated carbocycles. The molecule has 2 fully saturated rings. The summed E-state index contributed by atoms with van der Waals surface area (Å²) in [7, 11) is 0. The zero-order chi connectivity index (χ0) is 11.3. The van der Waals surface area contributed by atoms with Crippen molar-refractivity contribution in [2.75, 3.05) is 19.6 Å². The average Bonchev–Trinajstić information content (AvgIpc) is 2.31. The lowest BCUT2D eigenvalue weighted by Crippen LogP contribution is -2.55. The molecule has 0 aromatic heterocycles. The largest absolute Gasteiger partial charge is 0.329 e. The van der Waals surface area contributed by atoms with Crippen LogP contribution in [0.4, 0.5) is 0 Å². The standard InChI is InChI=1S/C14H28N2/c15-13-14(16-11-7-4-8-12-16)9-5-2-1-3-6-10-14/h1-13,15H2. The Labute approximate surface area is 101 Å². The molecular weight excluding hydrogens is 196 g/mol. The summed E-state index contributed by atoms with van der Waals surface area (Å²) in [5.41, 5.74) is 6.52. The number of nitrogens with two attached hydrogens (primary N) is 1. The summed E-state index contributed by atoms with van der Waals surface area (Å²) < 4.78 is 0. The molecule has 0 spiro atoms. The van der Waals surface area contributed by atoms with Crippen LogP contribution in [0.15, 0.2) is 0 Å². The van der Waals surface area contributed by atoms with Crippen LogP contribution < -0.4 is 5.73 Å². The van der Waals surface area contributed by atoms with E-state index in [-0.39, 0.29) is 0 Å². The van der Waals surface area contributed by atoms with Crippen LogP contribution in [-0.4, -0.2) is 30.1 Å². The fourth-order valence-corrected chi connectivity index (χ4v) is 3.58. The number of piperidine rings is 1. The van der Waals surface area contributed by atoms with Crippen molar-refractivity contribution in [1.82, 2.24) is 4.90 Å². The Morgan fingerprint density at radius 3 is 1.81 bits per heavy atom. The van der Waals surface area contributed by atoms with Gasteiger partial charge in [0.05, 0.1) is 0 Å². The molecule has 1 saturated heterocycles. The van der Waals surface area contributed by atoms with Crippen molar-refractivity contribution in [3.63, 3.8) is 0 Å². The van der Waals surface area contributed by atoms with Gasteiger partial charge in [0.1, 0.15) is 0 Å². The van der Waals surface area contributed by atoms with Gasteiger partial charge in [-0.15, -0.1) is 0 Å². The summed E-state index contributed by atoms with van der Waals surface area (Å²) >= 11 is 0. The first-order valence-corrected chi connectivity index (χ1v) is 7.32. The topological polar surface area (TPSA) is 29.3 Å². The highest BCUT2D eigenvalue weighted by Gasteiger charge is 2.35. The maximum Gasteiger partial charge on any atom is 0.0331 e. The lowest BCUT2D eigenvalue weighted by Gasteiger charge is -2.46. The molecule has 16 heavy (non-hydrogen) atoms. The fourth-order valence-electron chi connectivity index (χ4n) is 3.58. The molecule has 2 rings (SSSR count). The van der Waals surface area contributed by atoms with E-state index in [1.807, 2.05) is 0 Å². The third-order valence-electron chi connectivity index (χ3n) is 4.69. The normalized spacial score (nSPS) is 28.3. The molecule has 2 heteroatoms. The van der Waals surface area contributed by atoms with Gasteiger partial charge in [-0.1, -0.05) is 38.5 Å². The van der Waals surface area contributed by atoms with Gasteiger partial charge in [0.25, 0.3) is 0 Å². The van der Waals surface area contributed by atoms with E-state index in [9.17, 15) is 0 Å². The van der Waals surface area contributed by atoms with E-state index in [0.717, 1.165) is 6.54 Å². The van der Waals surface area contributed by atoms with Crippen molar-refractivity contribution in [2.45, 2.75) is 69.7 Å². The van der Waals surface area contributed by atoms with Crippen molar-refractivity contribution < 1.29 is 0 Å². The van der Waals surface area contributed by atoms with Crippen molar-refractivity contribution in [3.05, 3.63) is 0 Å². The molecule has 0 unspecified atom stereocenters. The monoisotopic (exact) mass is 224 g/mol. The Bertz CT molecular complexity index is 189. The first kappa shape index (κ1) is 12.4. The molecule has 0 aromatic rings. The van der Waals surface area contributed by atoms with Gasteiger partial charge in [0.15, 0.2) is 0 Å². The first-order valence-electron chi connectivity index (χ1n) is 7.32. The summed E-state index contributed by atoms with van der Waals surface area (Å²) in [6.45, 7) is 3.49. The smallest absolute Gasteiger partial charge is 0.0331 e. The van der Waals surface area contributed by atoms with Crippen LogP contribution in [0.5, 0.6) is 0 Å². The minimum atomic E-state index is 0.376. The Balaban J connectivity index is 2.01. The Morgan fingerprint density at radius 1 is 0.750 bits per heavy atom. The molecule has 1 aliphatic carbocycles. The molecule has 0 aromatic carbocycles. The van der Waals surface area contributed by atoms with E-state index >= 15 is 0 Å². The Kier molecular flexibility index (Phi) is 4.66. The van der Waals surface area contributed by atoms with Crippen molar-refractivity contribution in [3.8, 4) is 0 Å². The molecule has 2 nitrogen and oxygen atoms in total. The van der Waals surface area contributed by atoms with Gasteiger partial charge in [0.2, 0.25) is 0 Å². The van der Waals surface area contributed by atoms with Gasteiger partial charge in [-0.25, -0.2) is 0 Å². The quantitative estimate of drug-likeness (QED) is 0.781. The van der Waals surface area contributed by atoms with E-state index < -0.39 is 0 Å². The van der Waals surface area contributed by atoms with Crippen LogP contribution in [0, 0.1) is 0 Å². The van der Waals surface area contributed by atoms with Crippen LogP contribution in [0.2, 0.25) is 0 Å². The highest BCUT2D eigenvalue weighted by molar-refractivity contribution is 4.93. The molecule has 0 amide bonds. The van der Waals surface area contributed by atoms with Crippen molar-refractivity contribution in [1.29, 1.82) is 0 Å². The Morgan fingerprint density at radius 2 is 1.25 bits per heavy atom. The van der Waals surface area contributed by atoms with Gasteiger partial charge < -0.3 is 5.73 Å². The first-order chi connectivity index (χ1) is 7.87. The third kappa shape index (κ3) is 2.78. The van der Waals surface area contributed by atoms with Crippen molar-refractivity contribution >= 4 is 0 Å². The van der Waals surface area contributed by atoms with Gasteiger partial charge in [-0.3, -0.25) is 4.90 Å². The molecule has 0 radical (unpaired) electrons. The summed E-state index contributed by atoms with van der Waals surface area (Å²) in [6, 6.07) is 0. The molecular formula is C14H28N2. The van der Waals surface area contributed by atoms with E-state index in [1.54, 1.807) is 0 Å². The number of nitrogens with zero attached hydrogens (tertiary/aromatic N) is 1. The third-order valence-corrected chi connectivity index (χ3v) is 4.69. The molecule has 1 aliphatic heterocycles. The predicted octanol–water partition coefficient (Wildman–Crippen LogP) is 2.91. The number of hydrogen-bond donors (Lipinski definition) is 1. The highest BCUT2D eigenvalue weighted by atomic mass is 15.2. The van der Waals surface area contributed by atoms with Gasteiger partial charge in [-0.2, -0.15) is 0 Å². The van der Waals surface area contributed by atoms with Crippen molar-refractivity contribution in [2.24, 2.45) is 5.73 Å². The predicted molar refractivity (Wildman–Crippen MR) is 69.5 cm³/mol. The molecule has 2 aliphatic rings. The zero-order valence-corrected chi connectivity index (χ0v) is 10.7. The SMILES string of the molecule is NCC1(N2CCCCC2)CCCCCCC1. The van der Waals surface area contributed by atoms with Gasteiger partial charge >= 0.3 is 0 Å². The van der Waals surface area contributed by atoms with E-state index in [1.165, 1.54) is 77.3 Å². The van der Waals surface area contributed by atoms with Crippen LogP contribution >= 0.6 is 0 Å². The summed E-state index contributed by atoms with van der Waals surface area (Å²) in [4.78, 5) is 2.74. The lowest BCUT2D eigenvalue weighted by atomic mass is 9.81. The second-order valence-electron chi connectivity index (χ2n) is 5.74. The van der Waals surface area contributed by atoms with E-state index in [2.05, 4.69) is 4.90 Å². The Hall–Kier alpha value is -0.0800.